The maximum Gasteiger partial charge on any atom is 0.318 e. The van der Waals surface area contributed by atoms with Crippen molar-refractivity contribution < 1.29 is 13.8 Å². The quantitative estimate of drug-likeness (QED) is 0.685. The molecule has 1 aromatic rings. The molecule has 0 radical (unpaired) electrons. The van der Waals surface area contributed by atoms with Gasteiger partial charge in [-0.05, 0) is 12.1 Å². The third-order valence-electron chi connectivity index (χ3n) is 1.75. The molecule has 0 aliphatic rings. The predicted octanol–water partition coefficient (Wildman–Crippen LogP) is 0.225. The first kappa shape index (κ1) is 13.5. The van der Waals surface area contributed by atoms with Crippen molar-refractivity contribution in [3.8, 4) is 0 Å². The van der Waals surface area contributed by atoms with E-state index in [2.05, 4.69) is 0 Å². The van der Waals surface area contributed by atoms with E-state index in [-0.39, 0.29) is 15.6 Å². The zero-order valence-corrected chi connectivity index (χ0v) is 10.2. The van der Waals surface area contributed by atoms with E-state index in [1.54, 1.807) is 11.4 Å². The first-order chi connectivity index (χ1) is 7.91. The summed E-state index contributed by atoms with van der Waals surface area (Å²) in [5.41, 5.74) is 10.6. The molecule has 92 valence electrons. The average Bonchev–Trinajstić information content (AvgIpc) is 2.15. The fourth-order valence-corrected chi connectivity index (χ4v) is 2.64. The van der Waals surface area contributed by atoms with Crippen LogP contribution in [0.15, 0.2) is 23.1 Å². The van der Waals surface area contributed by atoms with Crippen LogP contribution in [0.1, 0.15) is 0 Å². The number of nitrogens with one attached hydrogen (secondary N) is 1. The van der Waals surface area contributed by atoms with Crippen LogP contribution in [-0.2, 0) is 15.6 Å². The van der Waals surface area contributed by atoms with Crippen LogP contribution in [0, 0.1) is 0 Å². The van der Waals surface area contributed by atoms with E-state index in [4.69, 9.17) is 23.1 Å². The van der Waals surface area contributed by atoms with Crippen LogP contribution in [-0.4, -0.2) is 21.9 Å². The van der Waals surface area contributed by atoms with Gasteiger partial charge in [-0.2, -0.15) is 0 Å². The molecule has 0 heterocycles. The van der Waals surface area contributed by atoms with Crippen molar-refractivity contribution in [1.29, 1.82) is 0 Å². The molecule has 1 atom stereocenters. The number of imide groups is 1. The Kier molecular flexibility index (Phi) is 4.47. The molecule has 0 saturated carbocycles. The molecule has 5 N–H and O–H groups in total. The number of urea groups is 1. The Morgan fingerprint density at radius 2 is 2.06 bits per heavy atom. The number of carbonyl (C=O) groups is 2. The number of halogens is 1. The largest absolute Gasteiger partial charge is 0.398 e. The lowest BCUT2D eigenvalue weighted by atomic mass is 10.3. The lowest BCUT2D eigenvalue weighted by Gasteiger charge is -2.07. The SMILES string of the molecule is NC(=O)NC(=O)CS(=O)c1c(N)cccc1Cl. The predicted molar refractivity (Wildman–Crippen MR) is 64.9 cm³/mol. The summed E-state index contributed by atoms with van der Waals surface area (Å²) in [7, 11) is -1.73. The van der Waals surface area contributed by atoms with Gasteiger partial charge in [0.25, 0.3) is 0 Å². The van der Waals surface area contributed by atoms with Gasteiger partial charge < -0.3 is 11.5 Å². The number of amides is 3. The molecule has 0 aliphatic carbocycles. The van der Waals surface area contributed by atoms with Crippen LogP contribution in [0.4, 0.5) is 10.5 Å². The van der Waals surface area contributed by atoms with Gasteiger partial charge >= 0.3 is 6.03 Å². The maximum absolute atomic E-state index is 11.8. The Morgan fingerprint density at radius 1 is 1.41 bits per heavy atom. The lowest BCUT2D eigenvalue weighted by molar-refractivity contribution is -0.117. The van der Waals surface area contributed by atoms with Crippen LogP contribution in [0.25, 0.3) is 0 Å². The molecule has 6 nitrogen and oxygen atoms in total. The fraction of sp³-hybridized carbons (Fsp3) is 0.111. The van der Waals surface area contributed by atoms with Gasteiger partial charge in [0.2, 0.25) is 5.91 Å². The van der Waals surface area contributed by atoms with Crippen molar-refractivity contribution in [3.63, 3.8) is 0 Å². The molecular weight excluding hydrogens is 266 g/mol. The van der Waals surface area contributed by atoms with Gasteiger partial charge in [-0.1, -0.05) is 17.7 Å². The van der Waals surface area contributed by atoms with E-state index in [0.29, 0.717) is 0 Å². The summed E-state index contributed by atoms with van der Waals surface area (Å²) in [5.74, 6) is -1.19. The van der Waals surface area contributed by atoms with Crippen LogP contribution in [0.3, 0.4) is 0 Å². The number of primary amides is 1. The third kappa shape index (κ3) is 3.72. The summed E-state index contributed by atoms with van der Waals surface area (Å²) in [6, 6.07) is 3.63. The molecule has 0 spiro atoms. The summed E-state index contributed by atoms with van der Waals surface area (Å²) in [5, 5.41) is 2.01. The van der Waals surface area contributed by atoms with Crippen molar-refractivity contribution in [2.45, 2.75) is 4.90 Å². The molecule has 17 heavy (non-hydrogen) atoms. The van der Waals surface area contributed by atoms with Crippen molar-refractivity contribution in [2.24, 2.45) is 5.73 Å². The minimum Gasteiger partial charge on any atom is -0.398 e. The normalized spacial score (nSPS) is 11.8. The van der Waals surface area contributed by atoms with E-state index in [1.807, 2.05) is 0 Å². The van der Waals surface area contributed by atoms with E-state index in [9.17, 15) is 13.8 Å². The molecule has 1 unspecified atom stereocenters. The summed E-state index contributed by atoms with van der Waals surface area (Å²) in [6.45, 7) is 0. The number of hydrogen-bond acceptors (Lipinski definition) is 4. The summed E-state index contributed by atoms with van der Waals surface area (Å²) >= 11 is 5.82. The second-order valence-electron chi connectivity index (χ2n) is 3.06. The second-order valence-corrected chi connectivity index (χ2v) is 4.86. The number of anilines is 1. The highest BCUT2D eigenvalue weighted by molar-refractivity contribution is 7.86. The summed E-state index contributed by atoms with van der Waals surface area (Å²) < 4.78 is 11.8. The molecular formula is C9H10ClN3O3S. The average molecular weight is 276 g/mol. The number of benzene rings is 1. The topological polar surface area (TPSA) is 115 Å². The van der Waals surface area contributed by atoms with Gasteiger partial charge in [0.15, 0.2) is 0 Å². The maximum atomic E-state index is 11.8. The molecule has 1 aromatic carbocycles. The van der Waals surface area contributed by atoms with Crippen molar-refractivity contribution in [1.82, 2.24) is 5.32 Å². The van der Waals surface area contributed by atoms with Crippen molar-refractivity contribution >= 4 is 40.0 Å². The van der Waals surface area contributed by atoms with Crippen LogP contribution < -0.4 is 16.8 Å². The van der Waals surface area contributed by atoms with Gasteiger partial charge in [-0.15, -0.1) is 0 Å². The number of nitrogen functional groups attached to an aromatic ring is 1. The Morgan fingerprint density at radius 3 is 2.59 bits per heavy atom. The molecule has 1 rings (SSSR count). The van der Waals surface area contributed by atoms with Gasteiger partial charge in [0.05, 0.1) is 20.7 Å². The van der Waals surface area contributed by atoms with E-state index < -0.39 is 28.5 Å². The van der Waals surface area contributed by atoms with Crippen molar-refractivity contribution in [2.75, 3.05) is 11.5 Å². The standard InChI is InChI=1S/C9H10ClN3O3S/c10-5-2-1-3-6(11)8(5)17(16)4-7(14)13-9(12)15/h1-3H,4,11H2,(H3,12,13,14,15). The smallest absolute Gasteiger partial charge is 0.318 e. The highest BCUT2D eigenvalue weighted by Gasteiger charge is 2.16. The van der Waals surface area contributed by atoms with E-state index in [0.717, 1.165) is 0 Å². The highest BCUT2D eigenvalue weighted by Crippen LogP contribution is 2.25. The first-order valence-corrected chi connectivity index (χ1v) is 6.13. The highest BCUT2D eigenvalue weighted by atomic mass is 35.5. The number of nitrogens with two attached hydrogens (primary N) is 2. The van der Waals surface area contributed by atoms with Crippen LogP contribution in [0.2, 0.25) is 5.02 Å². The van der Waals surface area contributed by atoms with Crippen LogP contribution in [0.5, 0.6) is 0 Å². The summed E-state index contributed by atoms with van der Waals surface area (Å²) in [4.78, 5) is 21.7. The minimum absolute atomic E-state index is 0.175. The molecule has 0 saturated heterocycles. The molecule has 0 aromatic heterocycles. The zero-order chi connectivity index (χ0) is 13.0. The van der Waals surface area contributed by atoms with Crippen LogP contribution >= 0.6 is 11.6 Å². The van der Waals surface area contributed by atoms with Gasteiger partial charge in [0, 0.05) is 5.69 Å². The first-order valence-electron chi connectivity index (χ1n) is 4.43. The molecule has 0 aliphatic heterocycles. The Labute approximate surface area is 105 Å². The monoisotopic (exact) mass is 275 g/mol. The number of carbonyl (C=O) groups excluding carboxylic acids is 2. The van der Waals surface area contributed by atoms with Gasteiger partial charge in [-0.25, -0.2) is 4.79 Å². The van der Waals surface area contributed by atoms with Gasteiger partial charge in [0.1, 0.15) is 5.75 Å². The second kappa shape index (κ2) is 5.65. The minimum atomic E-state index is -1.73. The molecule has 8 heteroatoms. The lowest BCUT2D eigenvalue weighted by Crippen LogP contribution is -2.37. The number of rotatable bonds is 3. The molecule has 0 bridgehead atoms. The fourth-order valence-electron chi connectivity index (χ4n) is 1.13. The van der Waals surface area contributed by atoms with E-state index in [1.165, 1.54) is 12.1 Å². The third-order valence-corrected chi connectivity index (χ3v) is 3.61. The summed E-state index contributed by atoms with van der Waals surface area (Å²) in [6.07, 6.45) is 0. The molecule has 3 amide bonds. The molecule has 0 fully saturated rings. The van der Waals surface area contributed by atoms with E-state index >= 15 is 0 Å². The van der Waals surface area contributed by atoms with Gasteiger partial charge in [-0.3, -0.25) is 14.3 Å². The zero-order valence-electron chi connectivity index (χ0n) is 8.60. The Balaban J connectivity index is 2.84. The Bertz CT molecular complexity index is 472. The van der Waals surface area contributed by atoms with Crippen molar-refractivity contribution in [3.05, 3.63) is 23.2 Å². The Hall–Kier alpha value is -1.60. The number of hydrogen-bond donors (Lipinski definition) is 3.